The van der Waals surface area contributed by atoms with E-state index >= 15 is 4.39 Å². The lowest BCUT2D eigenvalue weighted by Crippen LogP contribution is -2.13. The highest BCUT2D eigenvalue weighted by atomic mass is 32.2. The van der Waals surface area contributed by atoms with Crippen LogP contribution >= 0.6 is 0 Å². The Labute approximate surface area is 182 Å². The van der Waals surface area contributed by atoms with Gasteiger partial charge in [0.2, 0.25) is 0 Å². The van der Waals surface area contributed by atoms with E-state index in [1.165, 1.54) is 49.6 Å². The summed E-state index contributed by atoms with van der Waals surface area (Å²) in [6.07, 6.45) is 0. The fourth-order valence-corrected chi connectivity index (χ4v) is 4.17. The summed E-state index contributed by atoms with van der Waals surface area (Å²) >= 11 is 0. The van der Waals surface area contributed by atoms with Gasteiger partial charge in [0.1, 0.15) is 17.4 Å². The first-order valence-electron chi connectivity index (χ1n) is 9.38. The van der Waals surface area contributed by atoms with E-state index in [-0.39, 0.29) is 22.4 Å². The maximum absolute atomic E-state index is 15.1. The number of hydrogen-bond donors (Lipinski definition) is 1. The number of aryl methyl sites for hydroxylation is 1. The fraction of sp³-hybridized carbons (Fsp3) is 0.0870. The zero-order valence-electron chi connectivity index (χ0n) is 17.0. The van der Waals surface area contributed by atoms with Gasteiger partial charge in [0.15, 0.2) is 5.43 Å². The molecule has 9 heteroatoms. The molecule has 0 saturated carbocycles. The summed E-state index contributed by atoms with van der Waals surface area (Å²) in [5.41, 5.74) is 0.979. The van der Waals surface area contributed by atoms with Crippen LogP contribution in [0.3, 0.4) is 0 Å². The van der Waals surface area contributed by atoms with Crippen LogP contribution in [0.15, 0.2) is 70.4 Å². The van der Waals surface area contributed by atoms with Crippen molar-refractivity contribution in [3.63, 3.8) is 0 Å². The molecule has 3 aromatic carbocycles. The Morgan fingerprint density at radius 2 is 1.75 bits per heavy atom. The standard InChI is InChI=1S/C23H17F2NO5S/c1-13-8-22(27)18-10-16(32(28,29)30)6-7-20(18)26(13)21-12-19(25)17(11-23(21)31-2)14-4-3-5-15(24)9-14/h3-12H,1-2H3,(H,28,29,30). The Kier molecular flexibility index (Phi) is 5.31. The van der Waals surface area contributed by atoms with Crippen molar-refractivity contribution in [2.45, 2.75) is 11.8 Å². The number of nitrogens with zero attached hydrogens (tertiary/aromatic N) is 1. The number of ether oxygens (including phenoxy) is 1. The number of rotatable bonds is 4. The molecule has 1 N–H and O–H groups in total. The summed E-state index contributed by atoms with van der Waals surface area (Å²) in [6.45, 7) is 1.63. The second-order valence-electron chi connectivity index (χ2n) is 7.15. The largest absolute Gasteiger partial charge is 0.495 e. The molecule has 0 fully saturated rings. The van der Waals surface area contributed by atoms with Gasteiger partial charge in [-0.25, -0.2) is 8.78 Å². The van der Waals surface area contributed by atoms with Gasteiger partial charge in [0.05, 0.1) is 23.2 Å². The van der Waals surface area contributed by atoms with Crippen LogP contribution < -0.4 is 10.2 Å². The molecule has 0 unspecified atom stereocenters. The first-order valence-corrected chi connectivity index (χ1v) is 10.8. The highest BCUT2D eigenvalue weighted by Crippen LogP contribution is 2.35. The van der Waals surface area contributed by atoms with Crippen molar-refractivity contribution in [2.24, 2.45) is 0 Å². The lowest BCUT2D eigenvalue weighted by Gasteiger charge is -2.19. The molecule has 0 spiro atoms. The normalized spacial score (nSPS) is 11.7. The highest BCUT2D eigenvalue weighted by Gasteiger charge is 2.19. The molecule has 0 bridgehead atoms. The molecule has 1 aromatic heterocycles. The van der Waals surface area contributed by atoms with Crippen LogP contribution in [-0.2, 0) is 10.1 Å². The molecule has 0 aliphatic heterocycles. The number of aromatic nitrogens is 1. The third kappa shape index (κ3) is 3.76. The molecule has 0 amide bonds. The fourth-order valence-electron chi connectivity index (χ4n) is 3.67. The predicted molar refractivity (Wildman–Crippen MR) is 116 cm³/mol. The smallest absolute Gasteiger partial charge is 0.294 e. The molecule has 0 aliphatic carbocycles. The van der Waals surface area contributed by atoms with E-state index in [4.69, 9.17) is 4.74 Å². The summed E-state index contributed by atoms with van der Waals surface area (Å²) in [6, 6.07) is 13.0. The van der Waals surface area contributed by atoms with Crippen LogP contribution in [0, 0.1) is 18.6 Å². The minimum atomic E-state index is -4.52. The van der Waals surface area contributed by atoms with Gasteiger partial charge in [-0.1, -0.05) is 12.1 Å². The Hall–Kier alpha value is -3.56. The minimum Gasteiger partial charge on any atom is -0.495 e. The van der Waals surface area contributed by atoms with Crippen molar-refractivity contribution in [3.8, 4) is 22.6 Å². The van der Waals surface area contributed by atoms with E-state index in [2.05, 4.69) is 0 Å². The van der Waals surface area contributed by atoms with E-state index in [1.807, 2.05) is 0 Å². The van der Waals surface area contributed by atoms with Gasteiger partial charge < -0.3 is 9.30 Å². The molecule has 4 aromatic rings. The summed E-state index contributed by atoms with van der Waals surface area (Å²) in [4.78, 5) is 12.1. The number of halogens is 2. The number of fused-ring (bicyclic) bond motifs is 1. The van der Waals surface area contributed by atoms with E-state index in [0.717, 1.165) is 12.1 Å². The van der Waals surface area contributed by atoms with Crippen LogP contribution in [0.1, 0.15) is 5.69 Å². The van der Waals surface area contributed by atoms with Crippen LogP contribution in [0.5, 0.6) is 5.75 Å². The average Bonchev–Trinajstić information content (AvgIpc) is 2.73. The summed E-state index contributed by atoms with van der Waals surface area (Å²) < 4.78 is 68.1. The molecule has 0 radical (unpaired) electrons. The maximum Gasteiger partial charge on any atom is 0.294 e. The monoisotopic (exact) mass is 457 g/mol. The lowest BCUT2D eigenvalue weighted by atomic mass is 10.0. The maximum atomic E-state index is 15.1. The van der Waals surface area contributed by atoms with Gasteiger partial charge >= 0.3 is 0 Å². The molecule has 164 valence electrons. The zero-order valence-corrected chi connectivity index (χ0v) is 17.8. The topological polar surface area (TPSA) is 85.6 Å². The molecule has 32 heavy (non-hydrogen) atoms. The van der Waals surface area contributed by atoms with E-state index in [1.54, 1.807) is 17.6 Å². The minimum absolute atomic E-state index is 0.0161. The van der Waals surface area contributed by atoms with E-state index in [9.17, 15) is 22.2 Å². The van der Waals surface area contributed by atoms with E-state index < -0.39 is 32.1 Å². The van der Waals surface area contributed by atoms with Crippen molar-refractivity contribution in [1.29, 1.82) is 0 Å². The number of hydrogen-bond acceptors (Lipinski definition) is 4. The Balaban J connectivity index is 2.02. The Bertz CT molecular complexity index is 1540. The second-order valence-corrected chi connectivity index (χ2v) is 8.58. The molecule has 0 atom stereocenters. The first kappa shape index (κ1) is 21.7. The van der Waals surface area contributed by atoms with Crippen molar-refractivity contribution in [3.05, 3.63) is 88.2 Å². The zero-order chi connectivity index (χ0) is 23.2. The number of methoxy groups -OCH3 is 1. The average molecular weight is 457 g/mol. The van der Waals surface area contributed by atoms with Crippen molar-refractivity contribution in [2.75, 3.05) is 7.11 Å². The van der Waals surface area contributed by atoms with Crippen molar-refractivity contribution in [1.82, 2.24) is 4.57 Å². The van der Waals surface area contributed by atoms with E-state index in [0.29, 0.717) is 16.8 Å². The molecular formula is C23H17F2NO5S. The third-order valence-electron chi connectivity index (χ3n) is 5.11. The van der Waals surface area contributed by atoms with Gasteiger partial charge in [0.25, 0.3) is 10.1 Å². The van der Waals surface area contributed by atoms with Gasteiger partial charge in [-0.15, -0.1) is 0 Å². The molecule has 6 nitrogen and oxygen atoms in total. The summed E-state index contributed by atoms with van der Waals surface area (Å²) in [5, 5.41) is 0.0161. The van der Waals surface area contributed by atoms with Gasteiger partial charge in [-0.3, -0.25) is 9.35 Å². The Morgan fingerprint density at radius 1 is 1.00 bits per heavy atom. The third-order valence-corrected chi connectivity index (χ3v) is 5.96. The first-order chi connectivity index (χ1) is 15.1. The SMILES string of the molecule is COc1cc(-c2cccc(F)c2)c(F)cc1-n1c(C)cc(=O)c2cc(S(=O)(=O)O)ccc21. The van der Waals surface area contributed by atoms with Crippen LogP contribution in [-0.4, -0.2) is 24.6 Å². The molecule has 4 rings (SSSR count). The van der Waals surface area contributed by atoms with Crippen LogP contribution in [0.4, 0.5) is 8.78 Å². The number of benzene rings is 3. The van der Waals surface area contributed by atoms with Gasteiger partial charge in [0, 0.05) is 28.8 Å². The number of pyridine rings is 1. The van der Waals surface area contributed by atoms with Crippen molar-refractivity contribution < 1.29 is 26.5 Å². The lowest BCUT2D eigenvalue weighted by molar-refractivity contribution is 0.412. The molecule has 0 saturated heterocycles. The van der Waals surface area contributed by atoms with Gasteiger partial charge in [-0.05, 0) is 48.9 Å². The van der Waals surface area contributed by atoms with Gasteiger partial charge in [-0.2, -0.15) is 8.42 Å². The molecule has 0 aliphatic rings. The highest BCUT2D eigenvalue weighted by molar-refractivity contribution is 7.85. The quantitative estimate of drug-likeness (QED) is 0.456. The van der Waals surface area contributed by atoms with Crippen LogP contribution in [0.2, 0.25) is 0 Å². The summed E-state index contributed by atoms with van der Waals surface area (Å²) in [7, 11) is -3.13. The van der Waals surface area contributed by atoms with Crippen molar-refractivity contribution >= 4 is 21.0 Å². The second kappa shape index (κ2) is 7.85. The summed E-state index contributed by atoms with van der Waals surface area (Å²) in [5.74, 6) is -0.911. The predicted octanol–water partition coefficient (Wildman–Crippen LogP) is 4.50. The molecular weight excluding hydrogens is 440 g/mol. The van der Waals surface area contributed by atoms with Crippen LogP contribution in [0.25, 0.3) is 27.7 Å². The Morgan fingerprint density at radius 3 is 2.41 bits per heavy atom. The molecule has 1 heterocycles.